The molecule has 28 heavy (non-hydrogen) atoms. The van der Waals surface area contributed by atoms with Crippen molar-refractivity contribution in [3.05, 3.63) is 85.8 Å². The number of benzene rings is 3. The Kier molecular flexibility index (Phi) is 4.92. The molecule has 0 unspecified atom stereocenters. The lowest BCUT2D eigenvalue weighted by molar-refractivity contribution is -0.110. The van der Waals surface area contributed by atoms with Crippen LogP contribution in [0, 0.1) is 18.3 Å². The van der Waals surface area contributed by atoms with E-state index in [1.807, 2.05) is 61.5 Å². The lowest BCUT2D eigenvalue weighted by atomic mass is 9.96. The van der Waals surface area contributed by atoms with Crippen molar-refractivity contribution in [1.82, 2.24) is 0 Å². The number of nitrogens with one attached hydrogen (secondary N) is 1. The molecule has 0 radical (unpaired) electrons. The molecule has 3 nitrogen and oxygen atoms in total. The second-order valence-corrected chi connectivity index (χ2v) is 8.25. The van der Waals surface area contributed by atoms with Crippen molar-refractivity contribution in [2.75, 3.05) is 5.32 Å². The number of nitrogens with zero attached hydrogens (tertiary/aromatic N) is 1. The number of carbonyl (C=O) groups is 1. The van der Waals surface area contributed by atoms with Crippen molar-refractivity contribution < 1.29 is 4.79 Å². The van der Waals surface area contributed by atoms with Gasteiger partial charge in [0.05, 0.1) is 11.6 Å². The Morgan fingerprint density at radius 3 is 2.43 bits per heavy atom. The van der Waals surface area contributed by atoms with Crippen LogP contribution in [0.15, 0.2) is 63.5 Å². The number of carbonyl (C=O) groups excluding carboxylic acids is 1. The van der Waals surface area contributed by atoms with E-state index in [1.165, 1.54) is 0 Å². The van der Waals surface area contributed by atoms with Crippen molar-refractivity contribution >= 4 is 55.1 Å². The molecule has 0 fully saturated rings. The summed E-state index contributed by atoms with van der Waals surface area (Å²) in [5, 5.41) is 12.3. The second kappa shape index (κ2) is 7.38. The summed E-state index contributed by atoms with van der Waals surface area (Å²) in [5.41, 5.74) is 6.62. The highest BCUT2D eigenvalue weighted by molar-refractivity contribution is 9.11. The maximum atomic E-state index is 12.6. The van der Waals surface area contributed by atoms with Gasteiger partial charge in [-0.2, -0.15) is 5.26 Å². The smallest absolute Gasteiger partial charge is 0.256 e. The summed E-state index contributed by atoms with van der Waals surface area (Å²) in [7, 11) is 0. The standard InChI is InChI=1S/C23H14Br2N2O/c1-13-20(24)9-14(10-21(13)25)8-19-18-11-15(6-7-22(18)27-23(19)28)17-5-3-2-4-16(17)12-26/h2-11H,1H3,(H,27,28). The predicted molar refractivity (Wildman–Crippen MR) is 120 cm³/mol. The minimum Gasteiger partial charge on any atom is -0.321 e. The van der Waals surface area contributed by atoms with E-state index >= 15 is 0 Å². The van der Waals surface area contributed by atoms with Gasteiger partial charge < -0.3 is 5.32 Å². The van der Waals surface area contributed by atoms with E-state index in [0.717, 1.165) is 42.5 Å². The van der Waals surface area contributed by atoms with E-state index in [2.05, 4.69) is 43.2 Å². The van der Waals surface area contributed by atoms with Crippen molar-refractivity contribution in [3.8, 4) is 17.2 Å². The molecular weight excluding hydrogens is 480 g/mol. The normalized spacial score (nSPS) is 13.9. The molecule has 1 aliphatic heterocycles. The van der Waals surface area contributed by atoms with Gasteiger partial charge >= 0.3 is 0 Å². The maximum Gasteiger partial charge on any atom is 0.256 e. The van der Waals surface area contributed by atoms with E-state index < -0.39 is 0 Å². The van der Waals surface area contributed by atoms with Crippen molar-refractivity contribution in [2.24, 2.45) is 0 Å². The van der Waals surface area contributed by atoms with Crippen molar-refractivity contribution in [2.45, 2.75) is 6.92 Å². The summed E-state index contributed by atoms with van der Waals surface area (Å²) >= 11 is 7.12. The number of halogens is 2. The first-order chi connectivity index (χ1) is 13.5. The number of amides is 1. The number of anilines is 1. The molecule has 0 saturated carbocycles. The first kappa shape index (κ1) is 18.7. The molecular formula is C23H14Br2N2O. The summed E-state index contributed by atoms with van der Waals surface area (Å²) < 4.78 is 1.95. The Morgan fingerprint density at radius 1 is 1.00 bits per heavy atom. The molecule has 0 aromatic heterocycles. The number of nitriles is 1. The van der Waals surface area contributed by atoms with Gasteiger partial charge in [-0.15, -0.1) is 0 Å². The fourth-order valence-electron chi connectivity index (χ4n) is 3.25. The Bertz CT molecular complexity index is 1180. The number of fused-ring (bicyclic) bond motifs is 1. The van der Waals surface area contributed by atoms with Crippen LogP contribution in [0.1, 0.15) is 22.3 Å². The fourth-order valence-corrected chi connectivity index (χ4v) is 4.47. The first-order valence-corrected chi connectivity index (χ1v) is 10.2. The van der Waals surface area contributed by atoms with Crippen LogP contribution in [0.25, 0.3) is 22.8 Å². The molecule has 0 spiro atoms. The number of hydrogen-bond acceptors (Lipinski definition) is 2. The summed E-state index contributed by atoms with van der Waals surface area (Å²) in [6.07, 6.45) is 1.89. The second-order valence-electron chi connectivity index (χ2n) is 6.54. The van der Waals surface area contributed by atoms with E-state index in [-0.39, 0.29) is 5.91 Å². The number of hydrogen-bond donors (Lipinski definition) is 1. The molecule has 5 heteroatoms. The van der Waals surface area contributed by atoms with Crippen LogP contribution < -0.4 is 5.32 Å². The predicted octanol–water partition coefficient (Wildman–Crippen LogP) is 6.55. The Balaban J connectivity index is 1.84. The van der Waals surface area contributed by atoms with Gasteiger partial charge in [0.15, 0.2) is 0 Å². The van der Waals surface area contributed by atoms with Crippen LogP contribution in [0.2, 0.25) is 0 Å². The Morgan fingerprint density at radius 2 is 1.71 bits per heavy atom. The maximum absolute atomic E-state index is 12.6. The topological polar surface area (TPSA) is 52.9 Å². The van der Waals surface area contributed by atoms with Gasteiger partial charge in [0.2, 0.25) is 0 Å². The first-order valence-electron chi connectivity index (χ1n) is 8.60. The van der Waals surface area contributed by atoms with Gasteiger partial charge in [0.1, 0.15) is 0 Å². The van der Waals surface area contributed by atoms with E-state index in [0.29, 0.717) is 11.1 Å². The molecule has 1 amide bonds. The summed E-state index contributed by atoms with van der Waals surface area (Å²) in [6.45, 7) is 2.02. The lowest BCUT2D eigenvalue weighted by Crippen LogP contribution is -2.03. The van der Waals surface area contributed by atoms with Crippen LogP contribution in [0.4, 0.5) is 5.69 Å². The highest BCUT2D eigenvalue weighted by atomic mass is 79.9. The lowest BCUT2D eigenvalue weighted by Gasteiger charge is -2.07. The van der Waals surface area contributed by atoms with Gasteiger partial charge in [-0.25, -0.2) is 0 Å². The molecule has 0 atom stereocenters. The summed E-state index contributed by atoms with van der Waals surface area (Å²) in [6, 6.07) is 19.5. The van der Waals surface area contributed by atoms with Crippen LogP contribution in [0.3, 0.4) is 0 Å². The third-order valence-electron chi connectivity index (χ3n) is 4.78. The molecule has 1 aliphatic rings. The third-order valence-corrected chi connectivity index (χ3v) is 6.42. The SMILES string of the molecule is Cc1c(Br)cc(C=C2C(=O)Nc3ccc(-c4ccccc4C#N)cc32)cc1Br. The van der Waals surface area contributed by atoms with E-state index in [4.69, 9.17) is 0 Å². The van der Waals surface area contributed by atoms with Crippen LogP contribution in [-0.4, -0.2) is 5.91 Å². The molecule has 4 rings (SSSR count). The van der Waals surface area contributed by atoms with E-state index in [1.54, 1.807) is 6.07 Å². The summed E-state index contributed by atoms with van der Waals surface area (Å²) in [4.78, 5) is 12.6. The minimum atomic E-state index is -0.131. The summed E-state index contributed by atoms with van der Waals surface area (Å²) in [5.74, 6) is -0.131. The number of rotatable bonds is 2. The van der Waals surface area contributed by atoms with Gasteiger partial charge in [-0.05, 0) is 65.6 Å². The van der Waals surface area contributed by atoms with Crippen molar-refractivity contribution in [3.63, 3.8) is 0 Å². The molecule has 0 bridgehead atoms. The molecule has 1 heterocycles. The monoisotopic (exact) mass is 492 g/mol. The molecule has 3 aromatic carbocycles. The molecule has 3 aromatic rings. The van der Waals surface area contributed by atoms with Crippen LogP contribution in [0.5, 0.6) is 0 Å². The van der Waals surface area contributed by atoms with Crippen molar-refractivity contribution in [1.29, 1.82) is 5.26 Å². The zero-order chi connectivity index (χ0) is 19.8. The molecule has 136 valence electrons. The average Bonchev–Trinajstić information content (AvgIpc) is 3.00. The molecule has 0 saturated heterocycles. The van der Waals surface area contributed by atoms with E-state index in [9.17, 15) is 10.1 Å². The van der Waals surface area contributed by atoms with Crippen LogP contribution in [-0.2, 0) is 4.79 Å². The Labute approximate surface area is 180 Å². The Hall–Kier alpha value is -2.68. The zero-order valence-corrected chi connectivity index (χ0v) is 18.1. The quantitative estimate of drug-likeness (QED) is 0.411. The van der Waals surface area contributed by atoms with Gasteiger partial charge in [0, 0.05) is 25.8 Å². The largest absolute Gasteiger partial charge is 0.321 e. The highest BCUT2D eigenvalue weighted by Gasteiger charge is 2.25. The average molecular weight is 494 g/mol. The van der Waals surface area contributed by atoms with Gasteiger partial charge in [-0.1, -0.05) is 56.1 Å². The minimum absolute atomic E-state index is 0.131. The fraction of sp³-hybridized carbons (Fsp3) is 0.0435. The van der Waals surface area contributed by atoms with Crippen LogP contribution >= 0.6 is 31.9 Å². The molecule has 0 aliphatic carbocycles. The van der Waals surface area contributed by atoms with Gasteiger partial charge in [0.25, 0.3) is 5.91 Å². The zero-order valence-electron chi connectivity index (χ0n) is 14.9. The highest BCUT2D eigenvalue weighted by Crippen LogP contribution is 2.37. The third kappa shape index (κ3) is 3.30. The van der Waals surface area contributed by atoms with Gasteiger partial charge in [-0.3, -0.25) is 4.79 Å². The molecule has 1 N–H and O–H groups in total.